The topological polar surface area (TPSA) is 70.2 Å². The Morgan fingerprint density at radius 3 is 2.97 bits per heavy atom. The average molecular weight is 460 g/mol. The molecule has 0 aromatic carbocycles. The lowest BCUT2D eigenvalue weighted by Crippen LogP contribution is -2.14. The first-order chi connectivity index (χ1) is 14.9. The molecule has 0 aliphatic heterocycles. The molecule has 8 heteroatoms. The maximum absolute atomic E-state index is 12.9. The molecule has 0 N–H and O–H groups in total. The summed E-state index contributed by atoms with van der Waals surface area (Å²) in [6, 6.07) is 4.33. The van der Waals surface area contributed by atoms with Crippen LogP contribution in [-0.2, 0) is 17.6 Å². The molecule has 0 amide bonds. The van der Waals surface area contributed by atoms with Gasteiger partial charge in [0.1, 0.15) is 0 Å². The molecule has 1 aliphatic carbocycles. The van der Waals surface area contributed by atoms with Crippen LogP contribution >= 0.6 is 23.1 Å². The van der Waals surface area contributed by atoms with E-state index in [2.05, 4.69) is 34.7 Å². The highest BCUT2D eigenvalue weighted by molar-refractivity contribution is 7.99. The van der Waals surface area contributed by atoms with Crippen molar-refractivity contribution in [3.63, 3.8) is 0 Å². The number of hydrogen-bond donors (Lipinski definition) is 0. The number of carbonyl (C=O) groups is 1. The van der Waals surface area contributed by atoms with Crippen LogP contribution in [0.15, 0.2) is 21.8 Å². The molecule has 0 fully saturated rings. The van der Waals surface area contributed by atoms with Crippen LogP contribution in [0.1, 0.15) is 58.5 Å². The van der Waals surface area contributed by atoms with Crippen LogP contribution in [0.3, 0.4) is 0 Å². The number of aromatic nitrogens is 3. The van der Waals surface area contributed by atoms with Gasteiger partial charge in [0.05, 0.1) is 23.3 Å². The summed E-state index contributed by atoms with van der Waals surface area (Å²) < 4.78 is 13.3. The number of fused-ring (bicyclic) bond motifs is 1. The van der Waals surface area contributed by atoms with E-state index in [-0.39, 0.29) is 17.6 Å². The number of ketones is 1. The number of Topliss-reactive ketones (excluding diaryl/α,β-unsaturated/α-hetero) is 1. The highest BCUT2D eigenvalue weighted by Crippen LogP contribution is 2.37. The van der Waals surface area contributed by atoms with Crippen molar-refractivity contribution in [3.8, 4) is 10.8 Å². The van der Waals surface area contributed by atoms with Gasteiger partial charge in [-0.1, -0.05) is 18.7 Å². The van der Waals surface area contributed by atoms with Crippen LogP contribution in [-0.4, -0.2) is 40.0 Å². The van der Waals surface area contributed by atoms with Gasteiger partial charge in [-0.25, -0.2) is 0 Å². The van der Waals surface area contributed by atoms with Crippen LogP contribution in [0.5, 0.6) is 0 Å². The molecule has 3 aromatic heterocycles. The zero-order valence-electron chi connectivity index (χ0n) is 18.7. The number of aryl methyl sites for hydroxylation is 2. The first-order valence-corrected chi connectivity index (χ1v) is 12.5. The number of rotatable bonds is 8. The molecule has 0 unspecified atom stereocenters. The molecular formula is C23H29N3O3S2. The SMILES string of the molecule is COC[C@H](C)n1c(C)cc(C(=O)CSc2nnc(-c3cc4c(s3)CC[C@@H](C)C4)o2)c1C. The monoisotopic (exact) mass is 459 g/mol. The molecule has 3 heterocycles. The van der Waals surface area contributed by atoms with Gasteiger partial charge >= 0.3 is 0 Å². The minimum Gasteiger partial charge on any atom is -0.410 e. The Morgan fingerprint density at radius 2 is 2.19 bits per heavy atom. The Labute approximate surface area is 191 Å². The van der Waals surface area contributed by atoms with Gasteiger partial charge < -0.3 is 13.7 Å². The average Bonchev–Trinajstić information content (AvgIpc) is 3.43. The van der Waals surface area contributed by atoms with Crippen LogP contribution in [0.4, 0.5) is 0 Å². The Kier molecular flexibility index (Phi) is 6.69. The Bertz CT molecular complexity index is 1080. The second-order valence-electron chi connectivity index (χ2n) is 8.45. The largest absolute Gasteiger partial charge is 0.410 e. The molecule has 166 valence electrons. The Balaban J connectivity index is 1.42. The quantitative estimate of drug-likeness (QED) is 0.326. The summed E-state index contributed by atoms with van der Waals surface area (Å²) in [6.07, 6.45) is 3.50. The van der Waals surface area contributed by atoms with Crippen LogP contribution in [0.25, 0.3) is 10.8 Å². The van der Waals surface area contributed by atoms with Gasteiger partial charge in [0.2, 0.25) is 0 Å². The van der Waals surface area contributed by atoms with E-state index in [4.69, 9.17) is 9.15 Å². The van der Waals surface area contributed by atoms with Gasteiger partial charge in [-0.05, 0) is 63.6 Å². The number of thiophene rings is 1. The van der Waals surface area contributed by atoms with E-state index < -0.39 is 0 Å². The van der Waals surface area contributed by atoms with E-state index in [1.165, 1.54) is 28.6 Å². The van der Waals surface area contributed by atoms with Crippen LogP contribution in [0, 0.1) is 19.8 Å². The summed E-state index contributed by atoms with van der Waals surface area (Å²) >= 11 is 3.05. The number of methoxy groups -OCH3 is 1. The fourth-order valence-corrected chi connectivity index (χ4v) is 6.21. The van der Waals surface area contributed by atoms with Crippen molar-refractivity contribution in [3.05, 3.63) is 39.5 Å². The lowest BCUT2D eigenvalue weighted by atomic mass is 9.90. The predicted octanol–water partition coefficient (Wildman–Crippen LogP) is 5.52. The van der Waals surface area contributed by atoms with Gasteiger partial charge in [0.25, 0.3) is 11.1 Å². The van der Waals surface area contributed by atoms with Crippen molar-refractivity contribution in [2.75, 3.05) is 19.5 Å². The summed E-state index contributed by atoms with van der Waals surface area (Å²) in [5.74, 6) is 1.61. The highest BCUT2D eigenvalue weighted by atomic mass is 32.2. The van der Waals surface area contributed by atoms with E-state index in [0.29, 0.717) is 17.7 Å². The molecule has 4 rings (SSSR count). The molecule has 0 bridgehead atoms. The first-order valence-electron chi connectivity index (χ1n) is 10.7. The number of ether oxygens (including phenoxy) is 1. The summed E-state index contributed by atoms with van der Waals surface area (Å²) in [4.78, 5) is 15.3. The standard InChI is InChI=1S/C23H29N3O3S2/c1-13-6-7-20-17(8-13)10-21(31-20)22-24-25-23(29-22)30-12-19(27)18-9-14(2)26(16(18)4)15(3)11-28-5/h9-10,13,15H,6-8,11-12H2,1-5H3/t13-,15+/m1/s1. The smallest absolute Gasteiger partial charge is 0.277 e. The minimum atomic E-state index is 0.0642. The van der Waals surface area contributed by atoms with Crippen LogP contribution < -0.4 is 0 Å². The van der Waals surface area contributed by atoms with Gasteiger partial charge in [0.15, 0.2) is 5.78 Å². The van der Waals surface area contributed by atoms with Crippen molar-refractivity contribution < 1.29 is 13.9 Å². The van der Waals surface area contributed by atoms with E-state index in [1.54, 1.807) is 18.4 Å². The zero-order valence-corrected chi connectivity index (χ0v) is 20.4. The maximum atomic E-state index is 12.9. The number of nitrogens with zero attached hydrogens (tertiary/aromatic N) is 3. The van der Waals surface area contributed by atoms with E-state index in [9.17, 15) is 4.79 Å². The number of hydrogen-bond acceptors (Lipinski definition) is 7. The predicted molar refractivity (Wildman–Crippen MR) is 124 cm³/mol. The van der Waals surface area contributed by atoms with Crippen molar-refractivity contribution in [2.24, 2.45) is 5.92 Å². The normalized spacial score (nSPS) is 17.0. The van der Waals surface area contributed by atoms with E-state index in [0.717, 1.165) is 40.6 Å². The third-order valence-electron chi connectivity index (χ3n) is 5.91. The summed E-state index contributed by atoms with van der Waals surface area (Å²) in [6.45, 7) is 9.01. The maximum Gasteiger partial charge on any atom is 0.277 e. The fraction of sp³-hybridized carbons (Fsp3) is 0.522. The molecule has 2 atom stereocenters. The second kappa shape index (κ2) is 9.30. The fourth-order valence-electron chi connectivity index (χ4n) is 4.44. The molecule has 3 aromatic rings. The van der Waals surface area contributed by atoms with Gasteiger partial charge in [-0.2, -0.15) is 0 Å². The summed E-state index contributed by atoms with van der Waals surface area (Å²) in [5.41, 5.74) is 4.19. The molecule has 0 spiro atoms. The molecule has 31 heavy (non-hydrogen) atoms. The van der Waals surface area contributed by atoms with Gasteiger partial charge in [-0.3, -0.25) is 4.79 Å². The Hall–Kier alpha value is -1.90. The molecule has 0 radical (unpaired) electrons. The molecule has 1 aliphatic rings. The molecule has 0 saturated heterocycles. The second-order valence-corrected chi connectivity index (χ2v) is 10.5. The van der Waals surface area contributed by atoms with Crippen molar-refractivity contribution in [1.82, 2.24) is 14.8 Å². The van der Waals surface area contributed by atoms with Crippen molar-refractivity contribution in [2.45, 2.75) is 58.2 Å². The Morgan fingerprint density at radius 1 is 1.39 bits per heavy atom. The first kappa shape index (κ1) is 22.3. The molecular weight excluding hydrogens is 430 g/mol. The molecule has 0 saturated carbocycles. The van der Waals surface area contributed by atoms with E-state index in [1.807, 2.05) is 19.9 Å². The molecule has 6 nitrogen and oxygen atoms in total. The number of thioether (sulfide) groups is 1. The lowest BCUT2D eigenvalue weighted by molar-refractivity contribution is 0.102. The van der Waals surface area contributed by atoms with Gasteiger partial charge in [-0.15, -0.1) is 21.5 Å². The lowest BCUT2D eigenvalue weighted by Gasteiger charge is -2.17. The van der Waals surface area contributed by atoms with Crippen molar-refractivity contribution in [1.29, 1.82) is 0 Å². The third-order valence-corrected chi connectivity index (χ3v) is 7.95. The minimum absolute atomic E-state index is 0.0642. The zero-order chi connectivity index (χ0) is 22.1. The third kappa shape index (κ3) is 4.66. The highest BCUT2D eigenvalue weighted by Gasteiger charge is 2.22. The van der Waals surface area contributed by atoms with E-state index >= 15 is 0 Å². The summed E-state index contributed by atoms with van der Waals surface area (Å²) in [7, 11) is 1.69. The van der Waals surface area contributed by atoms with Crippen molar-refractivity contribution >= 4 is 28.9 Å². The van der Waals surface area contributed by atoms with Gasteiger partial charge in [0, 0.05) is 28.9 Å². The summed E-state index contributed by atoms with van der Waals surface area (Å²) in [5, 5.41) is 8.81. The van der Waals surface area contributed by atoms with Crippen LogP contribution in [0.2, 0.25) is 0 Å². The number of carbonyl (C=O) groups excluding carboxylic acids is 1.